The number of aryl methyl sites for hydroxylation is 1. The number of amides is 1. The Labute approximate surface area is 118 Å². The summed E-state index contributed by atoms with van der Waals surface area (Å²) in [5, 5.41) is 14.1. The first-order valence-corrected chi connectivity index (χ1v) is 6.46. The van der Waals surface area contributed by atoms with Gasteiger partial charge in [0.1, 0.15) is 11.6 Å². The summed E-state index contributed by atoms with van der Waals surface area (Å²) in [6.07, 6.45) is 0.261. The zero-order valence-corrected chi connectivity index (χ0v) is 11.8. The molecule has 1 aromatic carbocycles. The molecule has 0 saturated carbocycles. The van der Waals surface area contributed by atoms with Gasteiger partial charge in [-0.15, -0.1) is 0 Å². The summed E-state index contributed by atoms with van der Waals surface area (Å²) < 4.78 is 5.48. The monoisotopic (exact) mass is 279 g/mol. The molecule has 0 heterocycles. The lowest BCUT2D eigenvalue weighted by molar-refractivity contribution is -0.121. The van der Waals surface area contributed by atoms with Crippen molar-refractivity contribution in [3.63, 3.8) is 0 Å². The van der Waals surface area contributed by atoms with Crippen molar-refractivity contribution in [2.24, 2.45) is 16.8 Å². The normalized spacial score (nSPS) is 12.8. The van der Waals surface area contributed by atoms with Crippen molar-refractivity contribution in [2.45, 2.75) is 20.3 Å². The molecule has 0 spiro atoms. The fraction of sp³-hybridized carbons (Fsp3) is 0.429. The molecule has 0 aromatic heterocycles. The molecule has 6 nitrogen and oxygen atoms in total. The number of carbonyl (C=O) groups excluding carboxylic acids is 1. The molecule has 0 radical (unpaired) electrons. The minimum Gasteiger partial charge on any atom is -0.493 e. The zero-order valence-electron chi connectivity index (χ0n) is 11.8. The molecule has 1 amide bonds. The lowest BCUT2D eigenvalue weighted by Gasteiger charge is -2.11. The molecule has 0 aliphatic heterocycles. The highest BCUT2D eigenvalue weighted by Crippen LogP contribution is 2.12. The largest absolute Gasteiger partial charge is 0.493 e. The fourth-order valence-electron chi connectivity index (χ4n) is 1.53. The Morgan fingerprint density at radius 3 is 2.95 bits per heavy atom. The predicted octanol–water partition coefficient (Wildman–Crippen LogP) is 1.26. The van der Waals surface area contributed by atoms with Crippen LogP contribution in [0.1, 0.15) is 18.9 Å². The van der Waals surface area contributed by atoms with Gasteiger partial charge in [0.2, 0.25) is 5.91 Å². The van der Waals surface area contributed by atoms with Crippen LogP contribution in [-0.4, -0.2) is 30.1 Å². The van der Waals surface area contributed by atoms with Gasteiger partial charge in [-0.1, -0.05) is 24.2 Å². The summed E-state index contributed by atoms with van der Waals surface area (Å²) in [4.78, 5) is 11.6. The highest BCUT2D eigenvalue weighted by Gasteiger charge is 2.09. The molecule has 0 aliphatic rings. The molecule has 1 unspecified atom stereocenters. The summed E-state index contributed by atoms with van der Waals surface area (Å²) in [5.74, 6) is 0.515. The van der Waals surface area contributed by atoms with Crippen LogP contribution in [-0.2, 0) is 4.79 Å². The Morgan fingerprint density at radius 1 is 1.55 bits per heavy atom. The lowest BCUT2D eigenvalue weighted by atomic mass is 10.1. The lowest BCUT2D eigenvalue weighted by Crippen LogP contribution is -2.35. The van der Waals surface area contributed by atoms with E-state index in [1.54, 1.807) is 6.92 Å². The summed E-state index contributed by atoms with van der Waals surface area (Å²) in [7, 11) is 0. The molecule has 1 aromatic rings. The van der Waals surface area contributed by atoms with Crippen LogP contribution in [0.15, 0.2) is 29.4 Å². The number of nitrogens with zero attached hydrogens (tertiary/aromatic N) is 1. The Kier molecular flexibility index (Phi) is 6.36. The van der Waals surface area contributed by atoms with Crippen molar-refractivity contribution in [1.82, 2.24) is 5.32 Å². The first-order chi connectivity index (χ1) is 9.52. The van der Waals surface area contributed by atoms with Gasteiger partial charge in [0.05, 0.1) is 13.0 Å². The number of nitrogens with two attached hydrogens (primary N) is 1. The van der Waals surface area contributed by atoms with E-state index in [1.165, 1.54) is 0 Å². The van der Waals surface area contributed by atoms with Crippen molar-refractivity contribution >= 4 is 11.7 Å². The van der Waals surface area contributed by atoms with Crippen molar-refractivity contribution in [3.8, 4) is 5.75 Å². The topological polar surface area (TPSA) is 96.9 Å². The third-order valence-electron chi connectivity index (χ3n) is 2.81. The zero-order chi connectivity index (χ0) is 15.0. The second-order valence-corrected chi connectivity index (χ2v) is 4.64. The van der Waals surface area contributed by atoms with Gasteiger partial charge in [0.25, 0.3) is 0 Å². The third kappa shape index (κ3) is 5.60. The number of amidine groups is 1. The van der Waals surface area contributed by atoms with Crippen LogP contribution in [0, 0.1) is 12.8 Å². The maximum absolute atomic E-state index is 11.6. The quantitative estimate of drug-likeness (QED) is 0.303. The van der Waals surface area contributed by atoms with Gasteiger partial charge >= 0.3 is 0 Å². The van der Waals surface area contributed by atoms with Gasteiger partial charge in [-0.05, 0) is 24.6 Å². The number of benzene rings is 1. The molecular weight excluding hydrogens is 258 g/mol. The molecule has 110 valence electrons. The molecule has 1 rings (SSSR count). The second kappa shape index (κ2) is 8.04. The van der Waals surface area contributed by atoms with Crippen molar-refractivity contribution in [2.75, 3.05) is 13.2 Å². The summed E-state index contributed by atoms with van der Waals surface area (Å²) in [6.45, 7) is 4.39. The van der Waals surface area contributed by atoms with E-state index in [2.05, 4.69) is 10.5 Å². The van der Waals surface area contributed by atoms with Crippen LogP contribution in [0.4, 0.5) is 0 Å². The summed E-state index contributed by atoms with van der Waals surface area (Å²) >= 11 is 0. The van der Waals surface area contributed by atoms with Crippen LogP contribution in [0.25, 0.3) is 0 Å². The van der Waals surface area contributed by atoms with E-state index in [4.69, 9.17) is 15.7 Å². The maximum Gasteiger partial charge on any atom is 0.223 e. The van der Waals surface area contributed by atoms with Gasteiger partial charge in [0.15, 0.2) is 0 Å². The first-order valence-electron chi connectivity index (χ1n) is 6.46. The van der Waals surface area contributed by atoms with Crippen molar-refractivity contribution < 1.29 is 14.7 Å². The van der Waals surface area contributed by atoms with E-state index in [9.17, 15) is 4.79 Å². The molecular formula is C14H21N3O3. The Morgan fingerprint density at radius 2 is 2.30 bits per heavy atom. The van der Waals surface area contributed by atoms with E-state index < -0.39 is 0 Å². The molecule has 0 aliphatic carbocycles. The minimum absolute atomic E-state index is 0.0984. The average Bonchev–Trinajstić information content (AvgIpc) is 2.44. The number of hydrogen-bond donors (Lipinski definition) is 3. The van der Waals surface area contributed by atoms with Crippen LogP contribution in [0.2, 0.25) is 0 Å². The Bertz CT molecular complexity index is 474. The van der Waals surface area contributed by atoms with Crippen LogP contribution >= 0.6 is 0 Å². The Balaban J connectivity index is 2.24. The number of nitrogens with one attached hydrogen (secondary N) is 1. The number of oxime groups is 1. The van der Waals surface area contributed by atoms with Crippen LogP contribution in [0.5, 0.6) is 5.75 Å². The molecule has 0 fully saturated rings. The van der Waals surface area contributed by atoms with Gasteiger partial charge < -0.3 is 21.0 Å². The van der Waals surface area contributed by atoms with Crippen LogP contribution < -0.4 is 15.8 Å². The molecule has 0 bridgehead atoms. The average molecular weight is 279 g/mol. The Hall–Kier alpha value is -2.24. The van der Waals surface area contributed by atoms with E-state index in [-0.39, 0.29) is 24.1 Å². The fourth-order valence-corrected chi connectivity index (χ4v) is 1.53. The number of carbonyl (C=O) groups is 1. The highest BCUT2D eigenvalue weighted by molar-refractivity contribution is 5.83. The van der Waals surface area contributed by atoms with Gasteiger partial charge in [0, 0.05) is 12.5 Å². The standard InChI is InChI=1S/C14H21N3O3/c1-10-4-3-5-12(8-10)20-7-6-13(18)16-9-11(2)14(15)17-19/h3-5,8,11,19H,6-7,9H2,1-2H3,(H2,15,17)(H,16,18). The number of ether oxygens (including phenoxy) is 1. The van der Waals surface area contributed by atoms with Crippen LogP contribution in [0.3, 0.4) is 0 Å². The van der Waals surface area contributed by atoms with Crippen molar-refractivity contribution in [1.29, 1.82) is 0 Å². The number of hydrogen-bond acceptors (Lipinski definition) is 4. The molecule has 4 N–H and O–H groups in total. The van der Waals surface area contributed by atoms with E-state index >= 15 is 0 Å². The first kappa shape index (κ1) is 15.8. The smallest absolute Gasteiger partial charge is 0.223 e. The minimum atomic E-state index is -0.207. The number of rotatable bonds is 7. The second-order valence-electron chi connectivity index (χ2n) is 4.64. The van der Waals surface area contributed by atoms with E-state index in [1.807, 2.05) is 31.2 Å². The maximum atomic E-state index is 11.6. The third-order valence-corrected chi connectivity index (χ3v) is 2.81. The van der Waals surface area contributed by atoms with Crippen molar-refractivity contribution in [3.05, 3.63) is 29.8 Å². The van der Waals surface area contributed by atoms with Gasteiger partial charge in [-0.25, -0.2) is 0 Å². The van der Waals surface area contributed by atoms with E-state index in [0.717, 1.165) is 11.3 Å². The molecule has 6 heteroatoms. The van der Waals surface area contributed by atoms with Gasteiger partial charge in [-0.3, -0.25) is 4.79 Å². The predicted molar refractivity (Wildman–Crippen MR) is 76.9 cm³/mol. The molecule has 1 atom stereocenters. The summed E-state index contributed by atoms with van der Waals surface area (Å²) in [6, 6.07) is 7.65. The van der Waals surface area contributed by atoms with Gasteiger partial charge in [-0.2, -0.15) is 0 Å². The SMILES string of the molecule is Cc1cccc(OCCC(=O)NCC(C)C(N)=NO)c1. The van der Waals surface area contributed by atoms with E-state index in [0.29, 0.717) is 13.2 Å². The molecule has 20 heavy (non-hydrogen) atoms. The summed E-state index contributed by atoms with van der Waals surface area (Å²) in [5.41, 5.74) is 6.53. The highest BCUT2D eigenvalue weighted by atomic mass is 16.5. The molecule has 0 saturated heterocycles.